The Morgan fingerprint density at radius 3 is 2.61 bits per heavy atom. The van der Waals surface area contributed by atoms with Crippen LogP contribution < -0.4 is 10.6 Å². The van der Waals surface area contributed by atoms with Crippen molar-refractivity contribution in [2.24, 2.45) is 10.9 Å². The van der Waals surface area contributed by atoms with Crippen LogP contribution in [-0.4, -0.2) is 36.3 Å². The molecule has 1 saturated carbocycles. The molecule has 1 aliphatic carbocycles. The van der Waals surface area contributed by atoms with Crippen molar-refractivity contribution in [2.75, 3.05) is 13.1 Å². The van der Waals surface area contributed by atoms with Gasteiger partial charge in [0.2, 0.25) is 0 Å². The predicted molar refractivity (Wildman–Crippen MR) is 87.6 cm³/mol. The van der Waals surface area contributed by atoms with E-state index in [-0.39, 0.29) is 30.1 Å². The van der Waals surface area contributed by atoms with Gasteiger partial charge in [-0.25, -0.2) is 0 Å². The molecule has 108 valence electrons. The molecule has 0 bridgehead atoms. The van der Waals surface area contributed by atoms with Gasteiger partial charge in [0.15, 0.2) is 5.96 Å². The lowest BCUT2D eigenvalue weighted by Crippen LogP contribution is -2.42. The smallest absolute Gasteiger partial charge is 0.191 e. The van der Waals surface area contributed by atoms with E-state index in [1.807, 2.05) is 0 Å². The lowest BCUT2D eigenvalue weighted by atomic mass is 10.1. The molecule has 0 radical (unpaired) electrons. The molecule has 0 amide bonds. The van der Waals surface area contributed by atoms with Gasteiger partial charge in [-0.05, 0) is 33.1 Å². The number of hydrogen-bond donors (Lipinski definition) is 3. The maximum absolute atomic E-state index is 9.75. The second-order valence-electron chi connectivity index (χ2n) is 4.93. The van der Waals surface area contributed by atoms with Crippen molar-refractivity contribution in [3.63, 3.8) is 0 Å². The first-order chi connectivity index (χ1) is 8.17. The quantitative estimate of drug-likeness (QED) is 0.395. The van der Waals surface area contributed by atoms with E-state index in [1.54, 1.807) is 0 Å². The fourth-order valence-corrected chi connectivity index (χ4v) is 2.09. The lowest BCUT2D eigenvalue weighted by Gasteiger charge is -2.18. The third kappa shape index (κ3) is 6.22. The van der Waals surface area contributed by atoms with Crippen molar-refractivity contribution in [1.29, 1.82) is 0 Å². The Hall–Kier alpha value is -0.0400. The third-order valence-electron chi connectivity index (χ3n) is 3.44. The first-order valence-corrected chi connectivity index (χ1v) is 6.90. The van der Waals surface area contributed by atoms with Gasteiger partial charge in [0.1, 0.15) is 0 Å². The summed E-state index contributed by atoms with van der Waals surface area (Å²) in [7, 11) is 0. The van der Waals surface area contributed by atoms with Gasteiger partial charge >= 0.3 is 0 Å². The van der Waals surface area contributed by atoms with E-state index >= 15 is 0 Å². The Morgan fingerprint density at radius 2 is 2.11 bits per heavy atom. The minimum Gasteiger partial charge on any atom is -0.393 e. The number of aliphatic imine (C=N–C) groups is 1. The maximum atomic E-state index is 9.75. The highest BCUT2D eigenvalue weighted by Crippen LogP contribution is 2.25. The van der Waals surface area contributed by atoms with Gasteiger partial charge in [0, 0.05) is 25.0 Å². The average Bonchev–Trinajstić information content (AvgIpc) is 2.72. The second-order valence-corrected chi connectivity index (χ2v) is 4.93. The van der Waals surface area contributed by atoms with Crippen molar-refractivity contribution < 1.29 is 5.11 Å². The van der Waals surface area contributed by atoms with Gasteiger partial charge in [0.05, 0.1) is 6.10 Å². The highest BCUT2D eigenvalue weighted by molar-refractivity contribution is 14.0. The van der Waals surface area contributed by atoms with Crippen LogP contribution in [0.5, 0.6) is 0 Å². The minimum atomic E-state index is -0.148. The molecule has 0 saturated heterocycles. The molecule has 0 spiro atoms. The van der Waals surface area contributed by atoms with Crippen molar-refractivity contribution in [1.82, 2.24) is 10.6 Å². The Kier molecular flexibility index (Phi) is 9.81. The lowest BCUT2D eigenvalue weighted by molar-refractivity contribution is 0.136. The summed E-state index contributed by atoms with van der Waals surface area (Å²) in [6.45, 7) is 7.97. The average molecular weight is 369 g/mol. The summed E-state index contributed by atoms with van der Waals surface area (Å²) in [5.41, 5.74) is 0. The van der Waals surface area contributed by atoms with Gasteiger partial charge in [0.25, 0.3) is 0 Å². The molecular weight excluding hydrogens is 341 g/mol. The first-order valence-electron chi connectivity index (χ1n) is 6.90. The zero-order chi connectivity index (χ0) is 12.7. The van der Waals surface area contributed by atoms with E-state index in [0.717, 1.165) is 44.7 Å². The van der Waals surface area contributed by atoms with Gasteiger partial charge in [-0.3, -0.25) is 4.99 Å². The SMILES string of the molecule is CCNC(=NCC1CCCC1O)NC(C)CC.I. The summed E-state index contributed by atoms with van der Waals surface area (Å²) in [4.78, 5) is 4.57. The van der Waals surface area contributed by atoms with Gasteiger partial charge in [-0.1, -0.05) is 13.3 Å². The van der Waals surface area contributed by atoms with Crippen LogP contribution in [0.1, 0.15) is 46.5 Å². The zero-order valence-electron chi connectivity index (χ0n) is 11.8. The summed E-state index contributed by atoms with van der Waals surface area (Å²) < 4.78 is 0. The summed E-state index contributed by atoms with van der Waals surface area (Å²) in [6, 6.07) is 0.432. The molecule has 1 aliphatic rings. The Balaban J connectivity index is 0.00000289. The fourth-order valence-electron chi connectivity index (χ4n) is 2.09. The zero-order valence-corrected chi connectivity index (χ0v) is 14.1. The standard InChI is InChI=1S/C13H27N3O.HI/c1-4-10(3)16-13(14-5-2)15-9-11-7-6-8-12(11)17;/h10-12,17H,4-9H2,1-3H3,(H2,14,15,16);1H. The number of guanidine groups is 1. The van der Waals surface area contributed by atoms with E-state index in [4.69, 9.17) is 0 Å². The van der Waals surface area contributed by atoms with E-state index in [2.05, 4.69) is 36.4 Å². The minimum absolute atomic E-state index is 0. The van der Waals surface area contributed by atoms with E-state index in [1.165, 1.54) is 0 Å². The number of hydrogen-bond acceptors (Lipinski definition) is 2. The molecule has 0 aromatic carbocycles. The van der Waals surface area contributed by atoms with Crippen molar-refractivity contribution in [3.8, 4) is 0 Å². The molecule has 3 unspecified atom stereocenters. The third-order valence-corrected chi connectivity index (χ3v) is 3.44. The normalized spacial score (nSPS) is 25.4. The molecular formula is C13H28IN3O. The molecule has 0 aliphatic heterocycles. The molecule has 3 atom stereocenters. The van der Waals surface area contributed by atoms with Gasteiger partial charge < -0.3 is 15.7 Å². The van der Waals surface area contributed by atoms with Gasteiger partial charge in [-0.2, -0.15) is 0 Å². The number of nitrogens with one attached hydrogen (secondary N) is 2. The number of aliphatic hydroxyl groups excluding tert-OH is 1. The highest BCUT2D eigenvalue weighted by Gasteiger charge is 2.24. The summed E-state index contributed by atoms with van der Waals surface area (Å²) >= 11 is 0. The van der Waals surface area contributed by atoms with Crippen LogP contribution in [0.2, 0.25) is 0 Å². The molecule has 0 heterocycles. The Morgan fingerprint density at radius 1 is 1.39 bits per heavy atom. The van der Waals surface area contributed by atoms with Crippen LogP contribution >= 0.6 is 24.0 Å². The Bertz CT molecular complexity index is 248. The second kappa shape index (κ2) is 9.83. The van der Waals surface area contributed by atoms with E-state index < -0.39 is 0 Å². The van der Waals surface area contributed by atoms with Crippen molar-refractivity contribution in [3.05, 3.63) is 0 Å². The molecule has 0 aromatic heterocycles. The van der Waals surface area contributed by atoms with Crippen molar-refractivity contribution >= 4 is 29.9 Å². The van der Waals surface area contributed by atoms with E-state index in [9.17, 15) is 5.11 Å². The molecule has 0 aromatic rings. The van der Waals surface area contributed by atoms with Crippen LogP contribution in [-0.2, 0) is 0 Å². The van der Waals surface area contributed by atoms with Crippen LogP contribution in [0.25, 0.3) is 0 Å². The molecule has 5 heteroatoms. The van der Waals surface area contributed by atoms with Crippen LogP contribution in [0, 0.1) is 5.92 Å². The molecule has 4 nitrogen and oxygen atoms in total. The van der Waals surface area contributed by atoms with Crippen LogP contribution in [0.3, 0.4) is 0 Å². The van der Waals surface area contributed by atoms with E-state index in [0.29, 0.717) is 12.0 Å². The summed E-state index contributed by atoms with van der Waals surface area (Å²) in [6.07, 6.45) is 4.11. The monoisotopic (exact) mass is 369 g/mol. The number of rotatable bonds is 5. The van der Waals surface area contributed by atoms with Crippen LogP contribution in [0.4, 0.5) is 0 Å². The fraction of sp³-hybridized carbons (Fsp3) is 0.923. The summed E-state index contributed by atoms with van der Waals surface area (Å²) in [5, 5.41) is 16.4. The maximum Gasteiger partial charge on any atom is 0.191 e. The molecule has 1 fully saturated rings. The molecule has 18 heavy (non-hydrogen) atoms. The molecule has 3 N–H and O–H groups in total. The largest absolute Gasteiger partial charge is 0.393 e. The molecule has 1 rings (SSSR count). The summed E-state index contributed by atoms with van der Waals surface area (Å²) in [5.74, 6) is 1.23. The highest BCUT2D eigenvalue weighted by atomic mass is 127. The Labute approximate surface area is 128 Å². The topological polar surface area (TPSA) is 56.7 Å². The van der Waals surface area contributed by atoms with Crippen molar-refractivity contribution in [2.45, 2.75) is 58.6 Å². The number of halogens is 1. The first kappa shape index (κ1) is 18.0. The number of aliphatic hydroxyl groups is 1. The van der Waals surface area contributed by atoms with Crippen LogP contribution in [0.15, 0.2) is 4.99 Å². The number of nitrogens with zero attached hydrogens (tertiary/aromatic N) is 1. The van der Waals surface area contributed by atoms with Gasteiger partial charge in [-0.15, -0.1) is 24.0 Å². The predicted octanol–water partition coefficient (Wildman–Crippen LogP) is 2.12.